The van der Waals surface area contributed by atoms with Crippen LogP contribution in [0.3, 0.4) is 0 Å². The van der Waals surface area contributed by atoms with Gasteiger partial charge in [0.05, 0.1) is 21.9 Å². The zero-order chi connectivity index (χ0) is 39.7. The highest BCUT2D eigenvalue weighted by atomic mass is 16.3. The van der Waals surface area contributed by atoms with Gasteiger partial charge in [-0.1, -0.05) is 133 Å². The largest absolute Gasteiger partial charge is 0.456 e. The summed E-state index contributed by atoms with van der Waals surface area (Å²) in [6.07, 6.45) is 0. The van der Waals surface area contributed by atoms with E-state index >= 15 is 0 Å². The van der Waals surface area contributed by atoms with E-state index in [-0.39, 0.29) is 55.1 Å². The summed E-state index contributed by atoms with van der Waals surface area (Å²) in [7, 11) is 0. The maximum atomic E-state index is 9.36. The maximum Gasteiger partial charge on any atom is 0.136 e. The topological polar surface area (TPSA) is 13.1 Å². The average molecular weight is 513 g/mol. The van der Waals surface area contributed by atoms with Crippen LogP contribution in [0.1, 0.15) is 21.9 Å². The van der Waals surface area contributed by atoms with Gasteiger partial charge in [0.1, 0.15) is 11.2 Å². The monoisotopic (exact) mass is 512 g/mol. The Kier molecular flexibility index (Phi) is 2.53. The van der Waals surface area contributed by atoms with E-state index in [9.17, 15) is 6.85 Å². The Bertz CT molecular complexity index is 2960. The van der Waals surface area contributed by atoms with Crippen LogP contribution in [0.15, 0.2) is 150 Å². The maximum absolute atomic E-state index is 9.36. The number of para-hydroxylation sites is 1. The van der Waals surface area contributed by atoms with Crippen molar-refractivity contribution in [3.8, 4) is 33.4 Å². The first-order valence-corrected chi connectivity index (χ1v) is 12.1. The van der Waals surface area contributed by atoms with Crippen molar-refractivity contribution in [1.82, 2.24) is 0 Å². The van der Waals surface area contributed by atoms with Gasteiger partial charge < -0.3 is 4.42 Å². The number of benzene rings is 7. The molecular formula is C38H24O. The van der Waals surface area contributed by atoms with E-state index in [1.54, 1.807) is 48.5 Å². The average Bonchev–Trinajstić information content (AvgIpc) is 3.58. The Balaban J connectivity index is 1.76. The van der Waals surface area contributed by atoms with E-state index in [0.29, 0.717) is 16.7 Å². The van der Waals surface area contributed by atoms with Crippen molar-refractivity contribution in [2.24, 2.45) is 0 Å². The molecule has 0 aliphatic rings. The van der Waals surface area contributed by atoms with Crippen LogP contribution in [0.5, 0.6) is 0 Å². The number of hydrogen-bond acceptors (Lipinski definition) is 1. The predicted molar refractivity (Wildman–Crippen MR) is 165 cm³/mol. The lowest BCUT2D eigenvalue weighted by Crippen LogP contribution is -1.93. The molecule has 8 rings (SSSR count). The summed E-state index contributed by atoms with van der Waals surface area (Å²) in [5, 5.41) is -1.51. The van der Waals surface area contributed by atoms with Crippen LogP contribution < -0.4 is 0 Å². The smallest absolute Gasteiger partial charge is 0.136 e. The van der Waals surface area contributed by atoms with Crippen molar-refractivity contribution in [3.05, 3.63) is 145 Å². The van der Waals surface area contributed by atoms with Crippen molar-refractivity contribution >= 4 is 43.5 Å². The molecule has 0 fully saturated rings. The predicted octanol–water partition coefficient (Wildman–Crippen LogP) is 10.9. The summed E-state index contributed by atoms with van der Waals surface area (Å²) in [5.41, 5.74) is -0.0987. The fraction of sp³-hybridized carbons (Fsp3) is 0. The van der Waals surface area contributed by atoms with Gasteiger partial charge in [-0.15, -0.1) is 0 Å². The molecule has 0 aliphatic heterocycles. The van der Waals surface area contributed by atoms with E-state index in [0.717, 1.165) is 0 Å². The minimum atomic E-state index is -0.730. The first-order valence-electron chi connectivity index (χ1n) is 20.1. The van der Waals surface area contributed by atoms with Crippen LogP contribution in [0.25, 0.3) is 76.9 Å². The van der Waals surface area contributed by atoms with Crippen molar-refractivity contribution < 1.29 is 26.3 Å². The number of fused-ring (bicyclic) bond motifs is 5. The van der Waals surface area contributed by atoms with Crippen molar-refractivity contribution in [2.75, 3.05) is 0 Å². The van der Waals surface area contributed by atoms with Crippen LogP contribution >= 0.6 is 0 Å². The molecule has 0 saturated carbocycles. The molecular weight excluding hydrogens is 472 g/mol. The zero-order valence-corrected chi connectivity index (χ0v) is 20.0. The molecule has 0 saturated heterocycles. The Morgan fingerprint density at radius 1 is 0.410 bits per heavy atom. The van der Waals surface area contributed by atoms with Crippen LogP contribution in [-0.4, -0.2) is 0 Å². The molecule has 0 N–H and O–H groups in total. The standard InChI is InChI=1S/C38H24O/c1-2-13-25(14-3-1)26-15-4-5-16-27(26)36-28-17-6-8-19-30(28)37(31-20-9-7-18-29(31)36)33-22-12-24-35-38(33)32-21-10-11-23-34(32)39-35/h1-24H/i1D,6D,7D,8D,9D,10D,11D,12D,17D,18D,19D,20D,21D,22D,23D,24D. The van der Waals surface area contributed by atoms with Crippen molar-refractivity contribution in [3.63, 3.8) is 0 Å². The minimum Gasteiger partial charge on any atom is -0.456 e. The van der Waals surface area contributed by atoms with E-state index < -0.39 is 102 Å². The minimum absolute atomic E-state index is 0.0169. The lowest BCUT2D eigenvalue weighted by atomic mass is 9.83. The highest BCUT2D eigenvalue weighted by Gasteiger charge is 2.21. The Morgan fingerprint density at radius 3 is 1.62 bits per heavy atom. The van der Waals surface area contributed by atoms with Gasteiger partial charge >= 0.3 is 0 Å². The van der Waals surface area contributed by atoms with E-state index in [1.807, 2.05) is 0 Å². The molecule has 7 aromatic carbocycles. The van der Waals surface area contributed by atoms with Gasteiger partial charge in [0.25, 0.3) is 0 Å². The molecule has 182 valence electrons. The SMILES string of the molecule is [2H]c1ccc(-c2ccccc2-c2c3c([2H])c([2H])c([2H])c([2H])c3c(-c3c([2H])c([2H])c([2H])c4oc5c([2H])c([2H])c([2H])c([2H])c5c34)c3c([2H])c([2H])c([2H])c([2H])c23)cc1. The van der Waals surface area contributed by atoms with Crippen molar-refractivity contribution in [1.29, 1.82) is 0 Å². The second kappa shape index (κ2) is 8.72. The van der Waals surface area contributed by atoms with Crippen LogP contribution in [0.2, 0.25) is 0 Å². The van der Waals surface area contributed by atoms with Gasteiger partial charge in [0, 0.05) is 10.8 Å². The highest BCUT2D eigenvalue weighted by Crippen LogP contribution is 2.48. The molecule has 1 heterocycles. The molecule has 0 bridgehead atoms. The molecule has 0 spiro atoms. The fourth-order valence-electron chi connectivity index (χ4n) is 5.21. The number of furan rings is 1. The lowest BCUT2D eigenvalue weighted by molar-refractivity contribution is 0.669. The molecule has 39 heavy (non-hydrogen) atoms. The summed E-state index contributed by atoms with van der Waals surface area (Å²) >= 11 is 0. The molecule has 0 amide bonds. The summed E-state index contributed by atoms with van der Waals surface area (Å²) < 4.78 is 148. The first kappa shape index (κ1) is 11.3. The van der Waals surface area contributed by atoms with Crippen LogP contribution in [0.4, 0.5) is 0 Å². The molecule has 0 radical (unpaired) electrons. The Labute approximate surface area is 249 Å². The van der Waals surface area contributed by atoms with Gasteiger partial charge in [-0.2, -0.15) is 0 Å². The lowest BCUT2D eigenvalue weighted by Gasteiger charge is -2.20. The van der Waals surface area contributed by atoms with E-state index in [1.165, 1.54) is 0 Å². The molecule has 1 heteroatoms. The molecule has 1 nitrogen and oxygen atoms in total. The quantitative estimate of drug-likeness (QED) is 0.215. The molecule has 0 unspecified atom stereocenters. The van der Waals surface area contributed by atoms with Crippen LogP contribution in [0, 0.1) is 0 Å². The highest BCUT2D eigenvalue weighted by molar-refractivity contribution is 6.26. The van der Waals surface area contributed by atoms with Gasteiger partial charge in [-0.3, -0.25) is 0 Å². The van der Waals surface area contributed by atoms with Crippen molar-refractivity contribution in [2.45, 2.75) is 0 Å². The molecule has 0 atom stereocenters. The third-order valence-corrected chi connectivity index (χ3v) is 6.80. The second-order valence-electron chi connectivity index (χ2n) is 8.84. The Morgan fingerprint density at radius 2 is 0.949 bits per heavy atom. The van der Waals surface area contributed by atoms with Crippen LogP contribution in [-0.2, 0) is 0 Å². The van der Waals surface area contributed by atoms with Gasteiger partial charge in [-0.25, -0.2) is 0 Å². The van der Waals surface area contributed by atoms with E-state index in [2.05, 4.69) is 0 Å². The zero-order valence-electron chi connectivity index (χ0n) is 36.0. The molecule has 1 aromatic heterocycles. The summed E-state index contributed by atoms with van der Waals surface area (Å²) in [4.78, 5) is 0. The summed E-state index contributed by atoms with van der Waals surface area (Å²) in [5.74, 6) is 0. The summed E-state index contributed by atoms with van der Waals surface area (Å²) in [6.45, 7) is 0. The third kappa shape index (κ3) is 3.34. The fourth-order valence-corrected chi connectivity index (χ4v) is 5.21. The van der Waals surface area contributed by atoms with Gasteiger partial charge in [-0.05, 0) is 67.0 Å². The van der Waals surface area contributed by atoms with Gasteiger partial charge in [0.15, 0.2) is 0 Å². The number of rotatable bonds is 3. The number of hydrogen-bond donors (Lipinski definition) is 0. The third-order valence-electron chi connectivity index (χ3n) is 6.80. The summed E-state index contributed by atoms with van der Waals surface area (Å²) in [6, 6.07) is 3.61. The molecule has 8 aromatic rings. The molecule has 0 aliphatic carbocycles. The van der Waals surface area contributed by atoms with E-state index in [4.69, 9.17) is 19.5 Å². The Hall–Kier alpha value is -5.14. The first-order chi connectivity index (χ1) is 26.0. The second-order valence-corrected chi connectivity index (χ2v) is 8.84. The normalized spacial score (nSPS) is 17.3. The van der Waals surface area contributed by atoms with Gasteiger partial charge in [0.2, 0.25) is 0 Å².